The lowest BCUT2D eigenvalue weighted by Crippen LogP contribution is -2.38. The Morgan fingerprint density at radius 1 is 1.17 bits per heavy atom. The van der Waals surface area contributed by atoms with E-state index in [1.54, 1.807) is 6.07 Å². The summed E-state index contributed by atoms with van der Waals surface area (Å²) >= 11 is 3.47. The number of rotatable bonds is 6. The maximum Gasteiger partial charge on any atom is 0.128 e. The Bertz CT molecular complexity index is 966. The lowest BCUT2D eigenvalue weighted by Gasteiger charge is -2.26. The molecule has 0 unspecified atom stereocenters. The minimum atomic E-state index is 0.152. The average Bonchev–Trinajstić information content (AvgIpc) is 3.11. The van der Waals surface area contributed by atoms with Crippen LogP contribution < -0.4 is 4.74 Å². The maximum atomic E-state index is 10.6. The Morgan fingerprint density at radius 2 is 1.93 bits per heavy atom. The van der Waals surface area contributed by atoms with Gasteiger partial charge in [0.05, 0.1) is 13.2 Å². The van der Waals surface area contributed by atoms with Crippen molar-refractivity contribution in [3.05, 3.63) is 52.6 Å². The van der Waals surface area contributed by atoms with E-state index in [1.165, 1.54) is 0 Å². The van der Waals surface area contributed by atoms with Gasteiger partial charge in [-0.2, -0.15) is 5.10 Å². The van der Waals surface area contributed by atoms with Gasteiger partial charge in [0.25, 0.3) is 0 Å². The van der Waals surface area contributed by atoms with Gasteiger partial charge in [0.1, 0.15) is 23.8 Å². The summed E-state index contributed by atoms with van der Waals surface area (Å²) < 4.78 is 12.2. The van der Waals surface area contributed by atoms with E-state index in [1.807, 2.05) is 43.3 Å². The highest BCUT2D eigenvalue weighted by atomic mass is 79.9. The highest BCUT2D eigenvalue weighted by molar-refractivity contribution is 9.10. The molecule has 0 atom stereocenters. The van der Waals surface area contributed by atoms with Gasteiger partial charge in [-0.3, -0.25) is 10.00 Å². The molecule has 1 fully saturated rings. The third kappa shape index (κ3) is 4.63. The lowest BCUT2D eigenvalue weighted by atomic mass is 9.99. The molecule has 0 bridgehead atoms. The summed E-state index contributed by atoms with van der Waals surface area (Å²) in [5.41, 5.74) is 4.37. The summed E-state index contributed by atoms with van der Waals surface area (Å²) in [6.45, 7) is 6.82. The van der Waals surface area contributed by atoms with Crippen molar-refractivity contribution in [2.24, 2.45) is 0 Å². The second kappa shape index (κ2) is 8.98. The van der Waals surface area contributed by atoms with E-state index >= 15 is 0 Å². The van der Waals surface area contributed by atoms with Gasteiger partial charge in [0.2, 0.25) is 0 Å². The number of nitrogens with zero attached hydrogens (tertiary/aromatic N) is 2. The Morgan fingerprint density at radius 3 is 2.66 bits per heavy atom. The number of phenolic OH excluding ortho intramolecular Hbond substituents is 1. The van der Waals surface area contributed by atoms with Crippen molar-refractivity contribution in [1.29, 1.82) is 0 Å². The number of hydrogen-bond acceptors (Lipinski definition) is 5. The molecule has 1 saturated heterocycles. The van der Waals surface area contributed by atoms with Crippen LogP contribution in [-0.4, -0.2) is 59.7 Å². The molecule has 3 aromatic rings. The first-order valence-corrected chi connectivity index (χ1v) is 10.5. The number of halogens is 1. The van der Waals surface area contributed by atoms with Gasteiger partial charge >= 0.3 is 0 Å². The van der Waals surface area contributed by atoms with Crippen LogP contribution in [0.15, 0.2) is 46.9 Å². The molecule has 0 saturated carbocycles. The number of morpholine rings is 1. The first-order valence-electron chi connectivity index (χ1n) is 9.69. The molecule has 1 aliphatic heterocycles. The Hall–Kier alpha value is -2.35. The van der Waals surface area contributed by atoms with Crippen LogP contribution >= 0.6 is 15.9 Å². The summed E-state index contributed by atoms with van der Waals surface area (Å²) in [7, 11) is 0. The zero-order chi connectivity index (χ0) is 20.2. The number of ether oxygens (including phenoxy) is 2. The lowest BCUT2D eigenvalue weighted by molar-refractivity contribution is 0.0322. The second-order valence-corrected chi connectivity index (χ2v) is 7.98. The Kier molecular flexibility index (Phi) is 6.18. The van der Waals surface area contributed by atoms with Crippen molar-refractivity contribution >= 4 is 15.9 Å². The summed E-state index contributed by atoms with van der Waals surface area (Å²) in [6.07, 6.45) is 0. The number of phenols is 1. The SMILES string of the molecule is Cc1[nH]nc(-c2ccc(OCCN3CCOCC3)cc2O)c1-c1ccc(Br)cc1. The average molecular weight is 458 g/mol. The fraction of sp³-hybridized carbons (Fsp3) is 0.318. The van der Waals surface area contributed by atoms with Gasteiger partial charge in [-0.05, 0) is 36.8 Å². The molecular formula is C22H24BrN3O3. The van der Waals surface area contributed by atoms with E-state index in [2.05, 4.69) is 31.0 Å². The minimum Gasteiger partial charge on any atom is -0.507 e. The van der Waals surface area contributed by atoms with Gasteiger partial charge in [0.15, 0.2) is 0 Å². The van der Waals surface area contributed by atoms with Crippen molar-refractivity contribution in [1.82, 2.24) is 15.1 Å². The molecule has 152 valence electrons. The Labute approximate surface area is 178 Å². The fourth-order valence-corrected chi connectivity index (χ4v) is 3.78. The number of aromatic amines is 1. The summed E-state index contributed by atoms with van der Waals surface area (Å²) in [5.74, 6) is 0.802. The topological polar surface area (TPSA) is 70.6 Å². The zero-order valence-corrected chi connectivity index (χ0v) is 17.9. The highest BCUT2D eigenvalue weighted by Gasteiger charge is 2.18. The normalized spacial score (nSPS) is 14.8. The van der Waals surface area contributed by atoms with E-state index in [0.29, 0.717) is 17.9 Å². The third-order valence-electron chi connectivity index (χ3n) is 5.08. The van der Waals surface area contributed by atoms with Crippen molar-refractivity contribution < 1.29 is 14.6 Å². The van der Waals surface area contributed by atoms with E-state index in [9.17, 15) is 5.11 Å². The fourth-order valence-electron chi connectivity index (χ4n) is 3.51. The molecule has 0 aliphatic carbocycles. The Balaban J connectivity index is 1.50. The number of hydrogen-bond donors (Lipinski definition) is 2. The second-order valence-electron chi connectivity index (χ2n) is 7.06. The maximum absolute atomic E-state index is 10.6. The van der Waals surface area contributed by atoms with Crippen LogP contribution in [0.5, 0.6) is 11.5 Å². The molecule has 1 aliphatic rings. The van der Waals surface area contributed by atoms with Crippen LogP contribution in [-0.2, 0) is 4.74 Å². The summed E-state index contributed by atoms with van der Waals surface area (Å²) in [6, 6.07) is 13.5. The van der Waals surface area contributed by atoms with Crippen LogP contribution in [0.1, 0.15) is 5.69 Å². The monoisotopic (exact) mass is 457 g/mol. The first-order chi connectivity index (χ1) is 14.1. The molecule has 0 radical (unpaired) electrons. The molecule has 4 rings (SSSR count). The van der Waals surface area contributed by atoms with Gasteiger partial charge in [-0.25, -0.2) is 0 Å². The molecule has 2 heterocycles. The van der Waals surface area contributed by atoms with E-state index in [4.69, 9.17) is 9.47 Å². The molecule has 0 amide bonds. The standard InChI is InChI=1S/C22H24BrN3O3/c1-15-21(16-2-4-17(23)5-3-16)22(25-24-15)19-7-6-18(14-20(19)27)29-13-10-26-8-11-28-12-9-26/h2-7,14,27H,8-13H2,1H3,(H,24,25). The van der Waals surface area contributed by atoms with Crippen LogP contribution in [0, 0.1) is 6.92 Å². The summed E-state index contributed by atoms with van der Waals surface area (Å²) in [5, 5.41) is 18.1. The molecule has 29 heavy (non-hydrogen) atoms. The smallest absolute Gasteiger partial charge is 0.128 e. The predicted molar refractivity (Wildman–Crippen MR) is 116 cm³/mol. The van der Waals surface area contributed by atoms with Crippen LogP contribution in [0.4, 0.5) is 0 Å². The van der Waals surface area contributed by atoms with Crippen molar-refractivity contribution in [2.45, 2.75) is 6.92 Å². The molecule has 7 heteroatoms. The number of aryl methyl sites for hydroxylation is 1. The molecular weight excluding hydrogens is 434 g/mol. The van der Waals surface area contributed by atoms with E-state index < -0.39 is 0 Å². The van der Waals surface area contributed by atoms with Crippen molar-refractivity contribution in [3.63, 3.8) is 0 Å². The zero-order valence-electron chi connectivity index (χ0n) is 16.3. The quantitative estimate of drug-likeness (QED) is 0.579. The molecule has 1 aromatic heterocycles. The van der Waals surface area contributed by atoms with Crippen molar-refractivity contribution in [2.75, 3.05) is 39.5 Å². The van der Waals surface area contributed by atoms with E-state index in [0.717, 1.165) is 59.8 Å². The number of benzene rings is 2. The highest BCUT2D eigenvalue weighted by Crippen LogP contribution is 2.38. The van der Waals surface area contributed by atoms with Gasteiger partial charge < -0.3 is 14.6 Å². The van der Waals surface area contributed by atoms with Crippen LogP contribution in [0.3, 0.4) is 0 Å². The predicted octanol–water partition coefficient (Wildman–Crippen LogP) is 4.23. The first kappa shape index (κ1) is 19.9. The van der Waals surface area contributed by atoms with Gasteiger partial charge in [-0.1, -0.05) is 28.1 Å². The number of H-pyrrole nitrogens is 1. The number of aromatic nitrogens is 2. The van der Waals surface area contributed by atoms with E-state index in [-0.39, 0.29) is 5.75 Å². The minimum absolute atomic E-state index is 0.152. The number of nitrogens with one attached hydrogen (secondary N) is 1. The largest absolute Gasteiger partial charge is 0.507 e. The van der Waals surface area contributed by atoms with Gasteiger partial charge in [-0.15, -0.1) is 0 Å². The van der Waals surface area contributed by atoms with Crippen molar-refractivity contribution in [3.8, 4) is 33.9 Å². The molecule has 2 N–H and O–H groups in total. The van der Waals surface area contributed by atoms with Gasteiger partial charge in [0, 0.05) is 47.0 Å². The molecule has 0 spiro atoms. The number of aromatic hydroxyl groups is 1. The summed E-state index contributed by atoms with van der Waals surface area (Å²) in [4.78, 5) is 2.31. The third-order valence-corrected chi connectivity index (χ3v) is 5.61. The van der Waals surface area contributed by atoms with Crippen LogP contribution in [0.2, 0.25) is 0 Å². The molecule has 2 aromatic carbocycles. The molecule has 6 nitrogen and oxygen atoms in total. The van der Waals surface area contributed by atoms with Crippen LogP contribution in [0.25, 0.3) is 22.4 Å².